The zero-order chi connectivity index (χ0) is 14.9. The Balaban J connectivity index is 1.52. The molecule has 4 rings (SSSR count). The van der Waals surface area contributed by atoms with Gasteiger partial charge in [-0.3, -0.25) is 4.68 Å². The van der Waals surface area contributed by atoms with Crippen LogP contribution in [-0.2, 0) is 20.0 Å². The van der Waals surface area contributed by atoms with E-state index < -0.39 is 0 Å². The Morgan fingerprint density at radius 1 is 1.18 bits per heavy atom. The van der Waals surface area contributed by atoms with Crippen molar-refractivity contribution in [2.45, 2.75) is 31.8 Å². The van der Waals surface area contributed by atoms with Crippen LogP contribution in [0.25, 0.3) is 10.8 Å². The van der Waals surface area contributed by atoms with Crippen LogP contribution in [-0.4, -0.2) is 9.78 Å². The van der Waals surface area contributed by atoms with E-state index in [0.29, 0.717) is 6.04 Å². The third-order valence-electron chi connectivity index (χ3n) is 4.74. The molecular weight excluding hydrogens is 270 g/mol. The van der Waals surface area contributed by atoms with Gasteiger partial charge in [0.15, 0.2) is 0 Å². The monoisotopic (exact) mass is 291 g/mol. The number of aromatic nitrogens is 2. The van der Waals surface area contributed by atoms with Gasteiger partial charge in [0.25, 0.3) is 0 Å². The number of rotatable bonds is 3. The van der Waals surface area contributed by atoms with Gasteiger partial charge in [-0.1, -0.05) is 36.4 Å². The fourth-order valence-electron chi connectivity index (χ4n) is 3.51. The topological polar surface area (TPSA) is 29.9 Å². The Labute approximate surface area is 131 Å². The molecule has 0 unspecified atom stereocenters. The number of nitrogens with one attached hydrogen (secondary N) is 1. The highest BCUT2D eigenvalue weighted by molar-refractivity contribution is 5.82. The summed E-state index contributed by atoms with van der Waals surface area (Å²) in [6, 6.07) is 15.7. The van der Waals surface area contributed by atoms with Crippen molar-refractivity contribution in [1.82, 2.24) is 15.1 Å². The number of aryl methyl sites for hydroxylation is 1. The molecule has 0 bridgehead atoms. The van der Waals surface area contributed by atoms with Crippen molar-refractivity contribution in [3.63, 3.8) is 0 Å². The summed E-state index contributed by atoms with van der Waals surface area (Å²) in [5, 5.41) is 10.8. The van der Waals surface area contributed by atoms with E-state index >= 15 is 0 Å². The number of hydrogen-bond acceptors (Lipinski definition) is 2. The summed E-state index contributed by atoms with van der Waals surface area (Å²) >= 11 is 0. The minimum Gasteiger partial charge on any atom is -0.306 e. The first-order valence-corrected chi connectivity index (χ1v) is 8.03. The molecule has 0 saturated heterocycles. The van der Waals surface area contributed by atoms with Crippen LogP contribution in [0.3, 0.4) is 0 Å². The van der Waals surface area contributed by atoms with Crippen LogP contribution in [0.4, 0.5) is 0 Å². The lowest BCUT2D eigenvalue weighted by molar-refractivity contribution is 0.452. The SMILES string of the molecule is Cn1ncc2c1CCC[C@H]2NCc1ccc2ccccc2c1. The average Bonchev–Trinajstić information content (AvgIpc) is 2.95. The zero-order valence-electron chi connectivity index (χ0n) is 12.9. The minimum atomic E-state index is 0.434. The van der Waals surface area contributed by atoms with Crippen molar-refractivity contribution in [2.24, 2.45) is 7.05 Å². The van der Waals surface area contributed by atoms with E-state index in [4.69, 9.17) is 0 Å². The van der Waals surface area contributed by atoms with Gasteiger partial charge in [-0.15, -0.1) is 0 Å². The lowest BCUT2D eigenvalue weighted by Crippen LogP contribution is -2.24. The summed E-state index contributed by atoms with van der Waals surface area (Å²) in [4.78, 5) is 0. The molecule has 3 nitrogen and oxygen atoms in total. The Hall–Kier alpha value is -2.13. The van der Waals surface area contributed by atoms with Crippen LogP contribution in [0, 0.1) is 0 Å². The molecule has 1 atom stereocenters. The van der Waals surface area contributed by atoms with Crippen molar-refractivity contribution in [3.8, 4) is 0 Å². The third kappa shape index (κ3) is 2.42. The van der Waals surface area contributed by atoms with E-state index in [2.05, 4.69) is 52.9 Å². The van der Waals surface area contributed by atoms with Crippen LogP contribution in [0.1, 0.15) is 35.7 Å². The second-order valence-electron chi connectivity index (χ2n) is 6.18. The van der Waals surface area contributed by atoms with E-state index in [0.717, 1.165) is 13.0 Å². The van der Waals surface area contributed by atoms with E-state index in [-0.39, 0.29) is 0 Å². The normalized spacial score (nSPS) is 17.6. The molecule has 112 valence electrons. The maximum Gasteiger partial charge on any atom is 0.0540 e. The molecule has 0 fully saturated rings. The van der Waals surface area contributed by atoms with Gasteiger partial charge in [0.2, 0.25) is 0 Å². The largest absolute Gasteiger partial charge is 0.306 e. The molecule has 1 aliphatic carbocycles. The molecule has 2 aromatic carbocycles. The van der Waals surface area contributed by atoms with Crippen LogP contribution in [0.2, 0.25) is 0 Å². The Bertz CT molecular complexity index is 803. The second-order valence-corrected chi connectivity index (χ2v) is 6.18. The first-order valence-electron chi connectivity index (χ1n) is 8.03. The molecule has 3 heteroatoms. The van der Waals surface area contributed by atoms with Gasteiger partial charge in [0, 0.05) is 30.9 Å². The van der Waals surface area contributed by atoms with Gasteiger partial charge in [-0.05, 0) is 41.7 Å². The molecule has 0 saturated carbocycles. The minimum absolute atomic E-state index is 0.434. The van der Waals surface area contributed by atoms with E-state index in [9.17, 15) is 0 Å². The molecular formula is C19H21N3. The third-order valence-corrected chi connectivity index (χ3v) is 4.74. The number of hydrogen-bond donors (Lipinski definition) is 1. The lowest BCUT2D eigenvalue weighted by Gasteiger charge is -2.24. The molecule has 1 aliphatic rings. The van der Waals surface area contributed by atoms with Crippen LogP contribution < -0.4 is 5.32 Å². The second kappa shape index (κ2) is 5.58. The Morgan fingerprint density at radius 3 is 2.95 bits per heavy atom. The van der Waals surface area contributed by atoms with Gasteiger partial charge in [-0.2, -0.15) is 5.10 Å². The summed E-state index contributed by atoms with van der Waals surface area (Å²) < 4.78 is 2.03. The van der Waals surface area contributed by atoms with Gasteiger partial charge >= 0.3 is 0 Å². The highest BCUT2D eigenvalue weighted by atomic mass is 15.3. The highest BCUT2D eigenvalue weighted by Gasteiger charge is 2.22. The summed E-state index contributed by atoms with van der Waals surface area (Å²) in [6.07, 6.45) is 5.63. The molecule has 1 N–H and O–H groups in total. The van der Waals surface area contributed by atoms with Gasteiger partial charge in [-0.25, -0.2) is 0 Å². The van der Waals surface area contributed by atoms with Crippen molar-refractivity contribution < 1.29 is 0 Å². The lowest BCUT2D eigenvalue weighted by atomic mass is 9.93. The van der Waals surface area contributed by atoms with Crippen molar-refractivity contribution in [1.29, 1.82) is 0 Å². The maximum atomic E-state index is 4.42. The summed E-state index contributed by atoms with van der Waals surface area (Å²) in [6.45, 7) is 0.907. The molecule has 22 heavy (non-hydrogen) atoms. The van der Waals surface area contributed by atoms with Crippen molar-refractivity contribution >= 4 is 10.8 Å². The van der Waals surface area contributed by atoms with Gasteiger partial charge in [0.05, 0.1) is 6.20 Å². The molecule has 0 aliphatic heterocycles. The molecule has 1 heterocycles. The predicted octanol–water partition coefficient (Wildman–Crippen LogP) is 3.74. The Morgan fingerprint density at radius 2 is 2.05 bits per heavy atom. The number of nitrogens with zero attached hydrogens (tertiary/aromatic N) is 2. The fraction of sp³-hybridized carbons (Fsp3) is 0.316. The Kier molecular flexibility index (Phi) is 3.43. The molecule has 0 radical (unpaired) electrons. The van der Waals surface area contributed by atoms with Crippen LogP contribution >= 0.6 is 0 Å². The smallest absolute Gasteiger partial charge is 0.0540 e. The average molecular weight is 291 g/mol. The van der Waals surface area contributed by atoms with Crippen molar-refractivity contribution in [2.75, 3.05) is 0 Å². The van der Waals surface area contributed by atoms with E-state index in [1.165, 1.54) is 40.4 Å². The number of benzene rings is 2. The van der Waals surface area contributed by atoms with E-state index in [1.54, 1.807) is 0 Å². The predicted molar refractivity (Wildman–Crippen MR) is 89.7 cm³/mol. The molecule has 1 aromatic heterocycles. The fourth-order valence-corrected chi connectivity index (χ4v) is 3.51. The molecule has 0 amide bonds. The maximum absolute atomic E-state index is 4.42. The summed E-state index contributed by atoms with van der Waals surface area (Å²) in [5.41, 5.74) is 4.12. The first-order chi connectivity index (χ1) is 10.8. The van der Waals surface area contributed by atoms with Crippen molar-refractivity contribution in [3.05, 3.63) is 65.5 Å². The van der Waals surface area contributed by atoms with E-state index in [1.807, 2.05) is 17.9 Å². The van der Waals surface area contributed by atoms with Gasteiger partial charge in [0.1, 0.15) is 0 Å². The highest BCUT2D eigenvalue weighted by Crippen LogP contribution is 2.29. The molecule has 0 spiro atoms. The summed E-state index contributed by atoms with van der Waals surface area (Å²) in [7, 11) is 2.05. The number of fused-ring (bicyclic) bond motifs is 2. The van der Waals surface area contributed by atoms with Crippen LogP contribution in [0.15, 0.2) is 48.7 Å². The quantitative estimate of drug-likeness (QED) is 0.796. The standard InChI is InChI=1S/C19H21N3/c1-22-19-8-4-7-18(17(19)13-21-22)20-12-14-9-10-15-5-2-3-6-16(15)11-14/h2-3,5-6,9-11,13,18,20H,4,7-8,12H2,1H3/t18-/m1/s1. The molecule has 3 aromatic rings. The first kappa shape index (κ1) is 13.5. The summed E-state index contributed by atoms with van der Waals surface area (Å²) in [5.74, 6) is 0. The van der Waals surface area contributed by atoms with Gasteiger partial charge < -0.3 is 5.32 Å². The van der Waals surface area contributed by atoms with Crippen LogP contribution in [0.5, 0.6) is 0 Å². The zero-order valence-corrected chi connectivity index (χ0v) is 12.9.